The summed E-state index contributed by atoms with van der Waals surface area (Å²) in [5.74, 6) is -0.144. The molecule has 1 saturated heterocycles. The lowest BCUT2D eigenvalue weighted by molar-refractivity contribution is -0.115. The Balaban J connectivity index is 1.64. The summed E-state index contributed by atoms with van der Waals surface area (Å²) in [5, 5.41) is 2.83. The summed E-state index contributed by atoms with van der Waals surface area (Å²) in [5.41, 5.74) is 1.49. The highest BCUT2D eigenvalue weighted by atomic mass is 79.9. The van der Waals surface area contributed by atoms with E-state index in [1.54, 1.807) is 28.6 Å². The Morgan fingerprint density at radius 2 is 1.73 bits per heavy atom. The van der Waals surface area contributed by atoms with E-state index in [9.17, 15) is 13.2 Å². The summed E-state index contributed by atoms with van der Waals surface area (Å²) in [4.78, 5) is 12.5. The third kappa shape index (κ3) is 4.72. The Morgan fingerprint density at radius 1 is 1.04 bits per heavy atom. The van der Waals surface area contributed by atoms with E-state index in [-0.39, 0.29) is 17.2 Å². The van der Waals surface area contributed by atoms with Gasteiger partial charge in [-0.2, -0.15) is 4.31 Å². The van der Waals surface area contributed by atoms with Crippen molar-refractivity contribution in [2.75, 3.05) is 18.4 Å². The maximum Gasteiger partial charge on any atom is 0.243 e. The molecule has 0 atom stereocenters. The smallest absolute Gasteiger partial charge is 0.243 e. The summed E-state index contributed by atoms with van der Waals surface area (Å²) < 4.78 is 27.7. The molecular formula is C19H21BrN2O3S. The minimum Gasteiger partial charge on any atom is -0.326 e. The van der Waals surface area contributed by atoms with Crippen LogP contribution >= 0.6 is 15.9 Å². The van der Waals surface area contributed by atoms with Gasteiger partial charge in [-0.05, 0) is 48.7 Å². The maximum atomic E-state index is 12.6. The number of benzene rings is 2. The van der Waals surface area contributed by atoms with Gasteiger partial charge < -0.3 is 5.32 Å². The highest BCUT2D eigenvalue weighted by Crippen LogP contribution is 2.21. The molecule has 0 aromatic heterocycles. The van der Waals surface area contributed by atoms with Crippen molar-refractivity contribution in [3.8, 4) is 0 Å². The van der Waals surface area contributed by atoms with Crippen molar-refractivity contribution in [3.63, 3.8) is 0 Å². The number of carbonyl (C=O) groups excluding carboxylic acids is 1. The summed E-state index contributed by atoms with van der Waals surface area (Å²) >= 11 is 3.37. The van der Waals surface area contributed by atoms with Crippen LogP contribution in [0.25, 0.3) is 0 Å². The average Bonchev–Trinajstić information content (AvgIpc) is 2.63. The number of hydrogen-bond acceptors (Lipinski definition) is 3. The first kappa shape index (κ1) is 19.1. The largest absolute Gasteiger partial charge is 0.326 e. The number of nitrogens with one attached hydrogen (secondary N) is 1. The lowest BCUT2D eigenvalue weighted by Crippen LogP contribution is -2.35. The number of rotatable bonds is 5. The van der Waals surface area contributed by atoms with Gasteiger partial charge in [0.05, 0.1) is 11.3 Å². The van der Waals surface area contributed by atoms with Gasteiger partial charge in [0, 0.05) is 23.2 Å². The van der Waals surface area contributed by atoms with Gasteiger partial charge in [0.1, 0.15) is 0 Å². The summed E-state index contributed by atoms with van der Waals surface area (Å²) in [6, 6.07) is 14.0. The Hall–Kier alpha value is -1.70. The van der Waals surface area contributed by atoms with E-state index in [1.807, 2.05) is 24.3 Å². The molecule has 0 saturated carbocycles. The second-order valence-electron chi connectivity index (χ2n) is 6.34. The van der Waals surface area contributed by atoms with Gasteiger partial charge in [0.15, 0.2) is 0 Å². The van der Waals surface area contributed by atoms with Crippen LogP contribution < -0.4 is 5.32 Å². The summed E-state index contributed by atoms with van der Waals surface area (Å²) in [6.45, 7) is 1.16. The van der Waals surface area contributed by atoms with Gasteiger partial charge in [-0.3, -0.25) is 4.79 Å². The van der Waals surface area contributed by atoms with Crippen LogP contribution in [0.3, 0.4) is 0 Å². The fourth-order valence-electron chi connectivity index (χ4n) is 2.99. The number of sulfonamides is 1. The van der Waals surface area contributed by atoms with Crippen LogP contribution in [0, 0.1) is 0 Å². The lowest BCUT2D eigenvalue weighted by Gasteiger charge is -2.25. The standard InChI is InChI=1S/C19H21BrN2O3S/c20-16-5-4-6-17(14-16)21-19(23)13-15-7-9-18(10-8-15)26(24,25)22-11-2-1-3-12-22/h4-10,14H,1-3,11-13H2,(H,21,23). The zero-order valence-electron chi connectivity index (χ0n) is 14.3. The fraction of sp³-hybridized carbons (Fsp3) is 0.316. The van der Waals surface area contributed by atoms with Gasteiger partial charge in [-0.25, -0.2) is 8.42 Å². The van der Waals surface area contributed by atoms with E-state index in [1.165, 1.54) is 0 Å². The Labute approximate surface area is 162 Å². The molecule has 0 bridgehead atoms. The van der Waals surface area contributed by atoms with Crippen molar-refractivity contribution in [3.05, 3.63) is 58.6 Å². The average molecular weight is 437 g/mol. The predicted molar refractivity (Wildman–Crippen MR) is 106 cm³/mol. The van der Waals surface area contributed by atoms with Crippen LogP contribution in [-0.4, -0.2) is 31.7 Å². The third-order valence-electron chi connectivity index (χ3n) is 4.35. The molecule has 1 fully saturated rings. The van der Waals surface area contributed by atoms with Crippen LogP contribution in [0.5, 0.6) is 0 Å². The number of carbonyl (C=O) groups is 1. The highest BCUT2D eigenvalue weighted by Gasteiger charge is 2.25. The third-order valence-corrected chi connectivity index (χ3v) is 6.76. The number of hydrogen-bond donors (Lipinski definition) is 1. The topological polar surface area (TPSA) is 66.5 Å². The molecule has 5 nitrogen and oxygen atoms in total. The van der Waals surface area contributed by atoms with E-state index in [2.05, 4.69) is 21.2 Å². The van der Waals surface area contributed by atoms with Gasteiger partial charge in [0.2, 0.25) is 15.9 Å². The molecule has 26 heavy (non-hydrogen) atoms. The molecule has 0 spiro atoms. The molecule has 7 heteroatoms. The molecule has 1 amide bonds. The van der Waals surface area contributed by atoms with Gasteiger partial charge >= 0.3 is 0 Å². The SMILES string of the molecule is O=C(Cc1ccc(S(=O)(=O)N2CCCCC2)cc1)Nc1cccc(Br)c1. The fourth-order valence-corrected chi connectivity index (χ4v) is 4.91. The number of amides is 1. The molecule has 2 aromatic carbocycles. The van der Waals surface area contributed by atoms with Crippen LogP contribution in [0.1, 0.15) is 24.8 Å². The lowest BCUT2D eigenvalue weighted by atomic mass is 10.1. The molecule has 0 radical (unpaired) electrons. The molecule has 3 rings (SSSR count). The Morgan fingerprint density at radius 3 is 2.38 bits per heavy atom. The summed E-state index contributed by atoms with van der Waals surface area (Å²) in [7, 11) is -3.43. The van der Waals surface area contributed by atoms with Crippen LogP contribution in [0.15, 0.2) is 57.9 Å². The second-order valence-corrected chi connectivity index (χ2v) is 9.20. The van der Waals surface area contributed by atoms with E-state index in [0.717, 1.165) is 29.3 Å². The number of anilines is 1. The molecule has 1 aliphatic heterocycles. The first-order valence-corrected chi connectivity index (χ1v) is 10.8. The quantitative estimate of drug-likeness (QED) is 0.774. The first-order chi connectivity index (χ1) is 12.4. The predicted octanol–water partition coefficient (Wildman–Crippen LogP) is 3.80. The molecule has 1 aliphatic rings. The zero-order valence-corrected chi connectivity index (χ0v) is 16.7. The van der Waals surface area contributed by atoms with Crippen molar-refractivity contribution in [1.82, 2.24) is 4.31 Å². The minimum absolute atomic E-state index is 0.144. The Kier molecular flexibility index (Phi) is 6.11. The van der Waals surface area contributed by atoms with Crippen molar-refractivity contribution in [1.29, 1.82) is 0 Å². The van der Waals surface area contributed by atoms with E-state index >= 15 is 0 Å². The second kappa shape index (κ2) is 8.33. The number of piperidine rings is 1. The Bertz CT molecular complexity index is 876. The number of halogens is 1. The van der Waals surface area contributed by atoms with Gasteiger partial charge in [-0.15, -0.1) is 0 Å². The normalized spacial score (nSPS) is 15.6. The van der Waals surface area contributed by atoms with Gasteiger partial charge in [0.25, 0.3) is 0 Å². The van der Waals surface area contributed by atoms with E-state index in [0.29, 0.717) is 18.8 Å². The van der Waals surface area contributed by atoms with E-state index < -0.39 is 10.0 Å². The molecule has 2 aromatic rings. The molecule has 0 unspecified atom stereocenters. The van der Waals surface area contributed by atoms with Crippen molar-refractivity contribution >= 4 is 37.5 Å². The van der Waals surface area contributed by atoms with Crippen LogP contribution in [0.2, 0.25) is 0 Å². The molecule has 138 valence electrons. The molecule has 1 N–H and O–H groups in total. The number of nitrogens with zero attached hydrogens (tertiary/aromatic N) is 1. The zero-order chi connectivity index (χ0) is 18.6. The minimum atomic E-state index is -3.43. The summed E-state index contributed by atoms with van der Waals surface area (Å²) in [6.07, 6.45) is 3.09. The monoisotopic (exact) mass is 436 g/mol. The molecule has 1 heterocycles. The van der Waals surface area contributed by atoms with Crippen LogP contribution in [0.4, 0.5) is 5.69 Å². The highest BCUT2D eigenvalue weighted by molar-refractivity contribution is 9.10. The van der Waals surface area contributed by atoms with Crippen molar-refractivity contribution < 1.29 is 13.2 Å². The first-order valence-electron chi connectivity index (χ1n) is 8.60. The van der Waals surface area contributed by atoms with Crippen molar-refractivity contribution in [2.24, 2.45) is 0 Å². The molecular weight excluding hydrogens is 416 g/mol. The van der Waals surface area contributed by atoms with E-state index in [4.69, 9.17) is 0 Å². The van der Waals surface area contributed by atoms with Crippen molar-refractivity contribution in [2.45, 2.75) is 30.6 Å². The van der Waals surface area contributed by atoms with Crippen LogP contribution in [-0.2, 0) is 21.2 Å². The maximum absolute atomic E-state index is 12.6. The molecule has 0 aliphatic carbocycles. The van der Waals surface area contributed by atoms with Gasteiger partial charge in [-0.1, -0.05) is 40.5 Å².